The summed E-state index contributed by atoms with van der Waals surface area (Å²) in [5.74, 6) is 0.714. The van der Waals surface area contributed by atoms with Crippen LogP contribution in [-0.4, -0.2) is 20.6 Å². The van der Waals surface area contributed by atoms with E-state index < -0.39 is 0 Å². The van der Waals surface area contributed by atoms with Crippen molar-refractivity contribution in [3.63, 3.8) is 0 Å². The van der Waals surface area contributed by atoms with Crippen LogP contribution in [0.25, 0.3) is 22.4 Å². The molecule has 0 aliphatic heterocycles. The fourth-order valence-electron chi connectivity index (χ4n) is 3.47. The Morgan fingerprint density at radius 2 is 1.90 bits per heavy atom. The lowest BCUT2D eigenvalue weighted by Crippen LogP contribution is -2.28. The van der Waals surface area contributed by atoms with Gasteiger partial charge in [0.1, 0.15) is 6.54 Å². The zero-order chi connectivity index (χ0) is 22.1. The number of anilines is 1. The number of nitrogens with zero attached hydrogens (tertiary/aromatic N) is 3. The first-order valence-corrected chi connectivity index (χ1v) is 10.2. The van der Waals surface area contributed by atoms with Crippen LogP contribution in [0.1, 0.15) is 36.7 Å². The minimum absolute atomic E-state index is 0.103. The molecular weight excluding hydrogens is 392 g/mol. The summed E-state index contributed by atoms with van der Waals surface area (Å²) in [6.07, 6.45) is 0. The molecule has 0 bridgehead atoms. The number of nitrogens with one attached hydrogen (secondary N) is 1. The maximum absolute atomic E-state index is 13.0. The number of fused-ring (bicyclic) bond motifs is 1. The molecule has 4 aromatic rings. The lowest BCUT2D eigenvalue weighted by Gasteiger charge is -2.14. The van der Waals surface area contributed by atoms with E-state index in [-0.39, 0.29) is 23.9 Å². The van der Waals surface area contributed by atoms with Crippen LogP contribution in [0.3, 0.4) is 0 Å². The number of hydrogen-bond donors (Lipinski definition) is 1. The highest BCUT2D eigenvalue weighted by molar-refractivity contribution is 5.95. The first-order chi connectivity index (χ1) is 14.8. The van der Waals surface area contributed by atoms with Crippen molar-refractivity contribution in [2.24, 2.45) is 0 Å². The minimum atomic E-state index is -0.311. The second-order valence-corrected chi connectivity index (χ2v) is 7.91. The Hall–Kier alpha value is -3.74. The number of carbonyl (C=O) groups is 1. The molecule has 0 aliphatic rings. The van der Waals surface area contributed by atoms with Gasteiger partial charge in [-0.15, -0.1) is 0 Å². The van der Waals surface area contributed by atoms with Crippen LogP contribution < -0.4 is 10.9 Å². The summed E-state index contributed by atoms with van der Waals surface area (Å²) in [6, 6.07) is 14.6. The van der Waals surface area contributed by atoms with Gasteiger partial charge in [0.2, 0.25) is 5.91 Å². The number of hydrogen-bond acceptors (Lipinski definition) is 5. The topological polar surface area (TPSA) is 90.0 Å². The first kappa shape index (κ1) is 20.5. The minimum Gasteiger partial charge on any atom is -0.334 e. The van der Waals surface area contributed by atoms with E-state index in [2.05, 4.69) is 15.5 Å². The Bertz CT molecular complexity index is 1330. The lowest BCUT2D eigenvalue weighted by molar-refractivity contribution is -0.116. The molecule has 0 radical (unpaired) electrons. The molecule has 31 heavy (non-hydrogen) atoms. The smallest absolute Gasteiger partial charge is 0.258 e. The molecule has 2 aromatic heterocycles. The molecule has 7 heteroatoms. The normalized spacial score (nSPS) is 11.3. The summed E-state index contributed by atoms with van der Waals surface area (Å²) in [7, 11) is 0. The summed E-state index contributed by atoms with van der Waals surface area (Å²) in [5.41, 5.74) is 3.71. The fourth-order valence-corrected chi connectivity index (χ4v) is 3.47. The zero-order valence-electron chi connectivity index (χ0n) is 18.0. The van der Waals surface area contributed by atoms with Gasteiger partial charge in [-0.25, -0.2) is 0 Å². The van der Waals surface area contributed by atoms with Crippen LogP contribution in [0.4, 0.5) is 5.69 Å². The second-order valence-electron chi connectivity index (χ2n) is 7.91. The summed E-state index contributed by atoms with van der Waals surface area (Å²) in [6.45, 7) is 7.79. The molecule has 1 N–H and O–H groups in total. The Balaban J connectivity index is 1.72. The molecular formula is C24H24N4O3. The number of aryl methyl sites for hydroxylation is 1. The van der Waals surface area contributed by atoms with Gasteiger partial charge in [-0.2, -0.15) is 4.98 Å². The largest absolute Gasteiger partial charge is 0.334 e. The van der Waals surface area contributed by atoms with Crippen molar-refractivity contribution in [3.05, 3.63) is 75.8 Å². The van der Waals surface area contributed by atoms with Crippen LogP contribution in [0.2, 0.25) is 0 Å². The van der Waals surface area contributed by atoms with Gasteiger partial charge in [-0.1, -0.05) is 49.3 Å². The van der Waals surface area contributed by atoms with Crippen molar-refractivity contribution < 1.29 is 9.32 Å². The van der Waals surface area contributed by atoms with Crippen molar-refractivity contribution in [1.82, 2.24) is 14.7 Å². The number of benzene rings is 2. The van der Waals surface area contributed by atoms with Crippen LogP contribution in [-0.2, 0) is 11.3 Å². The standard InChI is InChI=1S/C24H24N4O3/c1-14(2)23-26-24(31-27-23)18-12-22(30)28(20-11-6-5-9-17(18)20)13-21(29)25-19-10-7-8-15(3)16(19)4/h5-12,14H,13H2,1-4H3,(H,25,29). The van der Waals surface area contributed by atoms with Crippen LogP contribution in [0, 0.1) is 13.8 Å². The van der Waals surface area contributed by atoms with Crippen molar-refractivity contribution in [1.29, 1.82) is 0 Å². The number of amides is 1. The lowest BCUT2D eigenvalue weighted by atomic mass is 10.1. The average Bonchev–Trinajstić information content (AvgIpc) is 3.24. The molecule has 4 rings (SSSR count). The van der Waals surface area contributed by atoms with Crippen molar-refractivity contribution in [2.75, 3.05) is 5.32 Å². The van der Waals surface area contributed by atoms with Crippen molar-refractivity contribution in [3.8, 4) is 11.5 Å². The summed E-state index contributed by atoms with van der Waals surface area (Å²) in [4.78, 5) is 30.2. The Labute approximate surface area is 179 Å². The van der Waals surface area contributed by atoms with E-state index >= 15 is 0 Å². The molecule has 0 atom stereocenters. The number of rotatable bonds is 5. The molecule has 7 nitrogen and oxygen atoms in total. The Morgan fingerprint density at radius 3 is 2.65 bits per heavy atom. The second kappa shape index (κ2) is 8.18. The third-order valence-corrected chi connectivity index (χ3v) is 5.39. The predicted octanol–water partition coefficient (Wildman–Crippen LogP) is 4.43. The molecule has 0 saturated carbocycles. The van der Waals surface area contributed by atoms with E-state index in [1.54, 1.807) is 0 Å². The quantitative estimate of drug-likeness (QED) is 0.520. The third-order valence-electron chi connectivity index (χ3n) is 5.39. The average molecular weight is 416 g/mol. The van der Waals surface area contributed by atoms with Crippen LogP contribution in [0.15, 0.2) is 57.8 Å². The number of pyridine rings is 1. The maximum Gasteiger partial charge on any atom is 0.258 e. The molecule has 158 valence electrons. The Kier molecular flexibility index (Phi) is 5.42. The Morgan fingerprint density at radius 1 is 1.13 bits per heavy atom. The molecule has 0 saturated heterocycles. The van der Waals surface area contributed by atoms with E-state index in [0.29, 0.717) is 22.8 Å². The highest BCUT2D eigenvalue weighted by atomic mass is 16.5. The number of aromatic nitrogens is 3. The van der Waals surface area contributed by atoms with Gasteiger partial charge in [-0.05, 0) is 37.1 Å². The van der Waals surface area contributed by atoms with Crippen molar-refractivity contribution in [2.45, 2.75) is 40.2 Å². The molecule has 1 amide bonds. The molecule has 0 fully saturated rings. The predicted molar refractivity (Wildman–Crippen MR) is 120 cm³/mol. The van der Waals surface area contributed by atoms with Gasteiger partial charge in [0, 0.05) is 23.1 Å². The summed E-state index contributed by atoms with van der Waals surface area (Å²) < 4.78 is 6.87. The highest BCUT2D eigenvalue weighted by Gasteiger charge is 2.18. The van der Waals surface area contributed by atoms with Gasteiger partial charge < -0.3 is 9.84 Å². The molecule has 0 aliphatic carbocycles. The summed E-state index contributed by atoms with van der Waals surface area (Å²) >= 11 is 0. The molecule has 2 heterocycles. The number of carbonyl (C=O) groups excluding carboxylic acids is 1. The van der Waals surface area contributed by atoms with Crippen LogP contribution in [0.5, 0.6) is 0 Å². The monoisotopic (exact) mass is 416 g/mol. The summed E-state index contributed by atoms with van der Waals surface area (Å²) in [5, 5.41) is 7.68. The molecule has 0 spiro atoms. The van der Waals surface area contributed by atoms with Crippen molar-refractivity contribution >= 4 is 22.5 Å². The molecule has 0 unspecified atom stereocenters. The molecule has 2 aromatic carbocycles. The zero-order valence-corrected chi connectivity index (χ0v) is 18.0. The van der Waals surface area contributed by atoms with Gasteiger partial charge >= 0.3 is 0 Å². The van der Waals surface area contributed by atoms with Gasteiger partial charge in [-0.3, -0.25) is 14.2 Å². The maximum atomic E-state index is 13.0. The van der Waals surface area contributed by atoms with E-state index in [4.69, 9.17) is 4.52 Å². The SMILES string of the molecule is Cc1cccc(NC(=O)Cn2c(=O)cc(-c3nc(C(C)C)no3)c3ccccc32)c1C. The van der Waals surface area contributed by atoms with Gasteiger partial charge in [0.25, 0.3) is 11.4 Å². The number of para-hydroxylation sites is 1. The van der Waals surface area contributed by atoms with E-state index in [0.717, 1.165) is 22.2 Å². The first-order valence-electron chi connectivity index (χ1n) is 10.2. The van der Waals surface area contributed by atoms with Gasteiger partial charge in [0.15, 0.2) is 5.82 Å². The third kappa shape index (κ3) is 3.99. The van der Waals surface area contributed by atoms with Crippen LogP contribution >= 0.6 is 0 Å². The van der Waals surface area contributed by atoms with Gasteiger partial charge in [0.05, 0.1) is 11.1 Å². The highest BCUT2D eigenvalue weighted by Crippen LogP contribution is 2.27. The van der Waals surface area contributed by atoms with E-state index in [1.807, 2.05) is 70.2 Å². The fraction of sp³-hybridized carbons (Fsp3) is 0.250. The van der Waals surface area contributed by atoms with E-state index in [1.165, 1.54) is 10.6 Å². The van der Waals surface area contributed by atoms with E-state index in [9.17, 15) is 9.59 Å².